The molecule has 0 radical (unpaired) electrons. The molecule has 0 aliphatic carbocycles. The summed E-state index contributed by atoms with van der Waals surface area (Å²) in [5.41, 5.74) is 0. The molecule has 0 amide bonds. The van der Waals surface area contributed by atoms with E-state index in [0.717, 1.165) is 18.5 Å². The summed E-state index contributed by atoms with van der Waals surface area (Å²) >= 11 is 3.33. The summed E-state index contributed by atoms with van der Waals surface area (Å²) in [6.07, 6.45) is 0.975. The van der Waals surface area contributed by atoms with Crippen LogP contribution in [0.1, 0.15) is 27.2 Å². The van der Waals surface area contributed by atoms with E-state index in [1.807, 2.05) is 0 Å². The second kappa shape index (κ2) is 7.26. The van der Waals surface area contributed by atoms with Crippen molar-refractivity contribution in [2.45, 2.75) is 39.3 Å². The minimum absolute atomic E-state index is 0.274. The van der Waals surface area contributed by atoms with Crippen molar-refractivity contribution in [3.8, 4) is 5.75 Å². The first-order valence-corrected chi connectivity index (χ1v) is 9.37. The van der Waals surface area contributed by atoms with Gasteiger partial charge in [-0.25, -0.2) is 4.39 Å². The third-order valence-corrected chi connectivity index (χ3v) is 6.93. The normalized spacial score (nSPS) is 11.6. The lowest BCUT2D eigenvalue weighted by Gasteiger charge is -2.29. The summed E-state index contributed by atoms with van der Waals surface area (Å²) in [5, 5.41) is 0. The van der Waals surface area contributed by atoms with Crippen LogP contribution in [-0.2, 0) is 4.43 Å². The number of hydrogen-bond acceptors (Lipinski definition) is 2. The predicted octanol–water partition coefficient (Wildman–Crippen LogP) is 4.88. The van der Waals surface area contributed by atoms with Crippen LogP contribution in [0.25, 0.3) is 0 Å². The van der Waals surface area contributed by atoms with Gasteiger partial charge in [-0.2, -0.15) is 0 Å². The fourth-order valence-corrected chi connectivity index (χ4v) is 4.67. The molecule has 0 unspecified atom stereocenters. The Kier molecular flexibility index (Phi) is 6.32. The van der Waals surface area contributed by atoms with Crippen LogP contribution >= 0.6 is 15.9 Å². The van der Waals surface area contributed by atoms with Crippen molar-refractivity contribution in [2.75, 3.05) is 6.61 Å². The van der Waals surface area contributed by atoms with E-state index < -0.39 is 8.56 Å². The largest absolute Gasteiger partial charge is 0.519 e. The maximum absolute atomic E-state index is 13.0. The molecule has 1 aromatic rings. The van der Waals surface area contributed by atoms with Crippen molar-refractivity contribution in [1.82, 2.24) is 0 Å². The molecular weight excluding hydrogens is 315 g/mol. The molecule has 0 N–H and O–H groups in total. The zero-order chi connectivity index (χ0) is 13.6. The smallest absolute Gasteiger partial charge is 0.398 e. The number of benzene rings is 1. The number of hydrogen-bond donors (Lipinski definition) is 0. The second-order valence-electron chi connectivity index (χ2n) is 4.14. The predicted molar refractivity (Wildman–Crippen MR) is 77.7 cm³/mol. The van der Waals surface area contributed by atoms with Crippen LogP contribution in [0.15, 0.2) is 22.7 Å². The first-order valence-electron chi connectivity index (χ1n) is 6.35. The molecule has 0 aliphatic rings. The van der Waals surface area contributed by atoms with Gasteiger partial charge in [-0.05, 0) is 52.6 Å². The highest BCUT2D eigenvalue weighted by Crippen LogP contribution is 2.30. The summed E-state index contributed by atoms with van der Waals surface area (Å²) in [7, 11) is -2.21. The van der Waals surface area contributed by atoms with Gasteiger partial charge in [0.05, 0.1) is 4.47 Å². The summed E-state index contributed by atoms with van der Waals surface area (Å²) < 4.78 is 25.7. The molecule has 1 rings (SSSR count). The van der Waals surface area contributed by atoms with Crippen molar-refractivity contribution < 1.29 is 13.2 Å². The second-order valence-corrected chi connectivity index (χ2v) is 8.73. The lowest BCUT2D eigenvalue weighted by Crippen LogP contribution is -2.44. The van der Waals surface area contributed by atoms with Gasteiger partial charge in [0.1, 0.15) is 11.6 Å². The van der Waals surface area contributed by atoms with E-state index in [1.165, 1.54) is 12.1 Å². The molecule has 0 atom stereocenters. The van der Waals surface area contributed by atoms with E-state index in [1.54, 1.807) is 6.07 Å². The van der Waals surface area contributed by atoms with Gasteiger partial charge in [0.25, 0.3) is 0 Å². The summed E-state index contributed by atoms with van der Waals surface area (Å²) in [4.78, 5) is 0. The molecule has 1 aromatic carbocycles. The lowest BCUT2D eigenvalue weighted by molar-refractivity contribution is 0.237. The third-order valence-electron chi connectivity index (χ3n) is 2.84. The Morgan fingerprint density at radius 3 is 2.39 bits per heavy atom. The average Bonchev–Trinajstić information content (AvgIpc) is 2.37. The number of rotatable bonds is 7. The molecule has 0 heterocycles. The van der Waals surface area contributed by atoms with Gasteiger partial charge in [-0.3, -0.25) is 0 Å². The summed E-state index contributed by atoms with van der Waals surface area (Å²) in [6, 6.07) is 6.24. The van der Waals surface area contributed by atoms with E-state index in [4.69, 9.17) is 8.85 Å². The fraction of sp³-hybridized carbons (Fsp3) is 0.538. The Morgan fingerprint density at radius 1 is 1.22 bits per heavy atom. The van der Waals surface area contributed by atoms with E-state index in [0.29, 0.717) is 16.8 Å². The molecule has 0 fully saturated rings. The van der Waals surface area contributed by atoms with Crippen molar-refractivity contribution >= 4 is 24.5 Å². The maximum atomic E-state index is 13.0. The van der Waals surface area contributed by atoms with Crippen LogP contribution in [0.5, 0.6) is 5.75 Å². The number of halogens is 2. The van der Waals surface area contributed by atoms with Gasteiger partial charge in [-0.1, -0.05) is 20.8 Å². The van der Waals surface area contributed by atoms with Gasteiger partial charge in [0, 0.05) is 6.61 Å². The summed E-state index contributed by atoms with van der Waals surface area (Å²) in [5.74, 6) is 0.395. The van der Waals surface area contributed by atoms with E-state index in [2.05, 4.69) is 36.7 Å². The highest BCUT2D eigenvalue weighted by atomic mass is 79.9. The van der Waals surface area contributed by atoms with Crippen LogP contribution in [0.2, 0.25) is 12.1 Å². The molecule has 2 nitrogen and oxygen atoms in total. The van der Waals surface area contributed by atoms with Gasteiger partial charge in [0.15, 0.2) is 0 Å². The first kappa shape index (κ1) is 15.7. The van der Waals surface area contributed by atoms with Crippen LogP contribution in [0.3, 0.4) is 0 Å². The highest BCUT2D eigenvalue weighted by Gasteiger charge is 2.36. The quantitative estimate of drug-likeness (QED) is 0.662. The zero-order valence-corrected chi connectivity index (χ0v) is 13.7. The van der Waals surface area contributed by atoms with Crippen molar-refractivity contribution in [1.29, 1.82) is 0 Å². The van der Waals surface area contributed by atoms with E-state index >= 15 is 0 Å². The average molecular weight is 335 g/mol. The van der Waals surface area contributed by atoms with Gasteiger partial charge < -0.3 is 8.85 Å². The topological polar surface area (TPSA) is 18.5 Å². The van der Waals surface area contributed by atoms with Crippen LogP contribution < -0.4 is 4.43 Å². The monoisotopic (exact) mass is 334 g/mol. The Hall–Kier alpha value is -0.393. The Bertz CT molecular complexity index is 383. The van der Waals surface area contributed by atoms with E-state index in [-0.39, 0.29) is 5.82 Å². The molecular formula is C13H20BrFO2Si. The van der Waals surface area contributed by atoms with Crippen molar-refractivity contribution in [3.63, 3.8) is 0 Å². The molecule has 18 heavy (non-hydrogen) atoms. The van der Waals surface area contributed by atoms with Crippen LogP contribution in [-0.4, -0.2) is 15.2 Å². The lowest BCUT2D eigenvalue weighted by atomic mass is 10.3. The van der Waals surface area contributed by atoms with E-state index in [9.17, 15) is 4.39 Å². The van der Waals surface area contributed by atoms with Crippen molar-refractivity contribution in [2.24, 2.45) is 0 Å². The van der Waals surface area contributed by atoms with Crippen LogP contribution in [0, 0.1) is 5.82 Å². The first-order chi connectivity index (χ1) is 8.56. The van der Waals surface area contributed by atoms with Gasteiger partial charge >= 0.3 is 8.56 Å². The Labute approximate surface area is 118 Å². The molecule has 0 saturated heterocycles. The third kappa shape index (κ3) is 4.07. The maximum Gasteiger partial charge on any atom is 0.398 e. The SMILES string of the molecule is CCCO[Si](CC)(CC)Oc1ccc(F)cc1Br. The molecule has 102 valence electrons. The molecule has 5 heteroatoms. The van der Waals surface area contributed by atoms with Gasteiger partial charge in [-0.15, -0.1) is 0 Å². The minimum Gasteiger partial charge on any atom is -0.519 e. The minimum atomic E-state index is -2.21. The molecule has 0 saturated carbocycles. The molecule has 0 aromatic heterocycles. The summed E-state index contributed by atoms with van der Waals surface area (Å²) in [6.45, 7) is 6.97. The Morgan fingerprint density at radius 2 is 1.89 bits per heavy atom. The van der Waals surface area contributed by atoms with Crippen molar-refractivity contribution in [3.05, 3.63) is 28.5 Å². The van der Waals surface area contributed by atoms with Gasteiger partial charge in [0.2, 0.25) is 0 Å². The highest BCUT2D eigenvalue weighted by molar-refractivity contribution is 9.10. The van der Waals surface area contributed by atoms with Crippen LogP contribution in [0.4, 0.5) is 4.39 Å². The molecule has 0 bridgehead atoms. The zero-order valence-electron chi connectivity index (χ0n) is 11.1. The fourth-order valence-electron chi connectivity index (χ4n) is 1.67. The Balaban J connectivity index is 2.88. The molecule has 0 spiro atoms. The standard InChI is InChI=1S/C13H20BrFO2Si/c1-4-9-16-18(5-2,6-3)17-13-8-7-11(15)10-12(13)14/h7-8,10H,4-6,9H2,1-3H3. The molecule has 0 aliphatic heterocycles.